The fourth-order valence-electron chi connectivity index (χ4n) is 2.56. The summed E-state index contributed by atoms with van der Waals surface area (Å²) >= 11 is 0. The molecule has 0 radical (unpaired) electrons. The van der Waals surface area contributed by atoms with Crippen LogP contribution in [0.15, 0.2) is 60.7 Å². The largest absolute Gasteiger partial charge is 0.496 e. The monoisotopic (exact) mass is 364 g/mol. The number of methoxy groups -OCH3 is 1. The molecule has 27 heavy (non-hydrogen) atoms. The number of nitrogens with zero attached hydrogens (tertiary/aromatic N) is 2. The Hall–Kier alpha value is -3.61. The SMILES string of the molecule is COc1ccccc1CNc1cc(-c2ccccc2)nc(NCC(=O)O)n1. The number of ether oxygens (including phenoxy) is 1. The molecule has 0 fully saturated rings. The number of nitrogens with one attached hydrogen (secondary N) is 2. The highest BCUT2D eigenvalue weighted by Crippen LogP contribution is 2.23. The first-order chi connectivity index (χ1) is 13.2. The smallest absolute Gasteiger partial charge is 0.322 e. The van der Waals surface area contributed by atoms with Gasteiger partial charge in [0.05, 0.1) is 12.8 Å². The number of carboxylic acids is 1. The van der Waals surface area contributed by atoms with Crippen molar-refractivity contribution >= 4 is 17.7 Å². The minimum absolute atomic E-state index is 0.251. The molecule has 0 saturated carbocycles. The van der Waals surface area contributed by atoms with E-state index in [0.717, 1.165) is 16.9 Å². The molecule has 0 atom stereocenters. The minimum atomic E-state index is -0.979. The van der Waals surface area contributed by atoms with Crippen LogP contribution in [-0.2, 0) is 11.3 Å². The maximum absolute atomic E-state index is 10.8. The van der Waals surface area contributed by atoms with Crippen molar-refractivity contribution in [3.63, 3.8) is 0 Å². The number of anilines is 2. The molecule has 138 valence electrons. The lowest BCUT2D eigenvalue weighted by Crippen LogP contribution is -2.15. The van der Waals surface area contributed by atoms with Crippen LogP contribution >= 0.6 is 0 Å². The van der Waals surface area contributed by atoms with Crippen molar-refractivity contribution in [2.75, 3.05) is 24.3 Å². The molecule has 0 aliphatic heterocycles. The van der Waals surface area contributed by atoms with Gasteiger partial charge in [-0.15, -0.1) is 0 Å². The molecule has 3 N–H and O–H groups in total. The summed E-state index contributed by atoms with van der Waals surface area (Å²) in [4.78, 5) is 19.6. The Labute approximate surface area is 157 Å². The fraction of sp³-hybridized carbons (Fsp3) is 0.150. The Morgan fingerprint density at radius 1 is 1.04 bits per heavy atom. The summed E-state index contributed by atoms with van der Waals surface area (Å²) in [5.74, 6) is 0.641. The van der Waals surface area contributed by atoms with Crippen LogP contribution in [0.3, 0.4) is 0 Å². The summed E-state index contributed by atoms with van der Waals surface area (Å²) in [6.45, 7) is 0.248. The van der Waals surface area contributed by atoms with E-state index in [1.54, 1.807) is 7.11 Å². The number of rotatable bonds is 8. The van der Waals surface area contributed by atoms with Crippen molar-refractivity contribution in [3.05, 3.63) is 66.2 Å². The van der Waals surface area contributed by atoms with E-state index in [2.05, 4.69) is 20.6 Å². The summed E-state index contributed by atoms with van der Waals surface area (Å²) in [6.07, 6.45) is 0. The lowest BCUT2D eigenvalue weighted by Gasteiger charge is -2.12. The van der Waals surface area contributed by atoms with Crippen molar-refractivity contribution < 1.29 is 14.6 Å². The van der Waals surface area contributed by atoms with Crippen molar-refractivity contribution in [1.29, 1.82) is 0 Å². The van der Waals surface area contributed by atoms with Crippen LogP contribution in [0.2, 0.25) is 0 Å². The highest BCUT2D eigenvalue weighted by molar-refractivity contribution is 5.72. The number of benzene rings is 2. The predicted molar refractivity (Wildman–Crippen MR) is 104 cm³/mol. The summed E-state index contributed by atoms with van der Waals surface area (Å²) in [7, 11) is 1.63. The van der Waals surface area contributed by atoms with Gasteiger partial charge >= 0.3 is 5.97 Å². The molecular formula is C20H20N4O3. The third-order valence-corrected chi connectivity index (χ3v) is 3.85. The third kappa shape index (κ3) is 4.94. The molecule has 0 spiro atoms. The third-order valence-electron chi connectivity index (χ3n) is 3.85. The van der Waals surface area contributed by atoms with Crippen LogP contribution in [0, 0.1) is 0 Å². The van der Waals surface area contributed by atoms with Crippen LogP contribution in [-0.4, -0.2) is 34.7 Å². The molecule has 0 aliphatic rings. The summed E-state index contributed by atoms with van der Waals surface area (Å²) in [6, 6.07) is 19.2. The van der Waals surface area contributed by atoms with Gasteiger partial charge in [-0.1, -0.05) is 48.5 Å². The number of aliphatic carboxylic acids is 1. The standard InChI is InChI=1S/C20H20N4O3/c1-27-17-10-6-5-9-15(17)12-21-18-11-16(14-7-3-2-4-8-14)23-20(24-18)22-13-19(25)26/h2-11H,12-13H2,1H3,(H,25,26)(H2,21,22,23,24). The molecule has 0 bridgehead atoms. The Balaban J connectivity index is 1.86. The molecule has 0 amide bonds. The zero-order valence-corrected chi connectivity index (χ0v) is 14.8. The van der Waals surface area contributed by atoms with Gasteiger partial charge in [-0.2, -0.15) is 4.98 Å². The van der Waals surface area contributed by atoms with Gasteiger partial charge in [0.2, 0.25) is 5.95 Å². The lowest BCUT2D eigenvalue weighted by atomic mass is 10.1. The van der Waals surface area contributed by atoms with Crippen LogP contribution < -0.4 is 15.4 Å². The number of aromatic nitrogens is 2. The van der Waals surface area contributed by atoms with E-state index >= 15 is 0 Å². The first-order valence-electron chi connectivity index (χ1n) is 8.41. The summed E-state index contributed by atoms with van der Waals surface area (Å²) < 4.78 is 5.37. The zero-order chi connectivity index (χ0) is 19.1. The van der Waals surface area contributed by atoms with E-state index < -0.39 is 5.97 Å². The van der Waals surface area contributed by atoms with Crippen LogP contribution in [0.5, 0.6) is 5.75 Å². The second-order valence-electron chi connectivity index (χ2n) is 5.74. The average molecular weight is 364 g/mol. The van der Waals surface area contributed by atoms with Gasteiger partial charge in [0, 0.05) is 23.7 Å². The average Bonchev–Trinajstić information content (AvgIpc) is 2.71. The maximum atomic E-state index is 10.8. The second kappa shape index (κ2) is 8.66. The van der Waals surface area contributed by atoms with Crippen molar-refractivity contribution in [3.8, 4) is 17.0 Å². The Morgan fingerprint density at radius 3 is 2.52 bits per heavy atom. The van der Waals surface area contributed by atoms with E-state index in [1.165, 1.54) is 0 Å². The van der Waals surface area contributed by atoms with Gasteiger partial charge in [-0.3, -0.25) is 4.79 Å². The van der Waals surface area contributed by atoms with Gasteiger partial charge in [0.1, 0.15) is 18.1 Å². The first-order valence-corrected chi connectivity index (χ1v) is 8.41. The number of para-hydroxylation sites is 1. The van der Waals surface area contributed by atoms with Gasteiger partial charge in [0.25, 0.3) is 0 Å². The number of hydrogen-bond donors (Lipinski definition) is 3. The number of hydrogen-bond acceptors (Lipinski definition) is 6. The van der Waals surface area contributed by atoms with Crippen LogP contribution in [0.1, 0.15) is 5.56 Å². The zero-order valence-electron chi connectivity index (χ0n) is 14.8. The van der Waals surface area contributed by atoms with E-state index in [4.69, 9.17) is 9.84 Å². The predicted octanol–water partition coefficient (Wildman–Crippen LogP) is 3.26. The molecule has 0 unspecified atom stereocenters. The maximum Gasteiger partial charge on any atom is 0.322 e. The Morgan fingerprint density at radius 2 is 1.78 bits per heavy atom. The van der Waals surface area contributed by atoms with Gasteiger partial charge in [-0.25, -0.2) is 4.98 Å². The van der Waals surface area contributed by atoms with Crippen LogP contribution in [0.25, 0.3) is 11.3 Å². The van der Waals surface area contributed by atoms with Crippen LogP contribution in [0.4, 0.5) is 11.8 Å². The molecule has 1 heterocycles. The quantitative estimate of drug-likeness (QED) is 0.564. The number of carboxylic acid groups (broad SMARTS) is 1. The number of carbonyl (C=O) groups is 1. The molecule has 1 aromatic heterocycles. The Bertz CT molecular complexity index is 916. The molecule has 0 saturated heterocycles. The molecule has 7 heteroatoms. The highest BCUT2D eigenvalue weighted by Gasteiger charge is 2.09. The topological polar surface area (TPSA) is 96.4 Å². The van der Waals surface area contributed by atoms with E-state index in [0.29, 0.717) is 18.1 Å². The summed E-state index contributed by atoms with van der Waals surface area (Å²) in [5, 5.41) is 14.9. The normalized spacial score (nSPS) is 10.3. The van der Waals surface area contributed by atoms with Gasteiger partial charge in [0.15, 0.2) is 0 Å². The molecule has 2 aromatic carbocycles. The van der Waals surface area contributed by atoms with Crippen molar-refractivity contribution in [2.45, 2.75) is 6.54 Å². The molecule has 3 aromatic rings. The second-order valence-corrected chi connectivity index (χ2v) is 5.74. The molecule has 7 nitrogen and oxygen atoms in total. The fourth-order valence-corrected chi connectivity index (χ4v) is 2.56. The minimum Gasteiger partial charge on any atom is -0.496 e. The Kier molecular flexibility index (Phi) is 5.84. The first kappa shape index (κ1) is 18.2. The van der Waals surface area contributed by atoms with Gasteiger partial charge in [-0.05, 0) is 6.07 Å². The molecule has 3 rings (SSSR count). The van der Waals surface area contributed by atoms with Gasteiger partial charge < -0.3 is 20.5 Å². The van der Waals surface area contributed by atoms with Crippen molar-refractivity contribution in [1.82, 2.24) is 9.97 Å². The van der Waals surface area contributed by atoms with Crippen molar-refractivity contribution in [2.24, 2.45) is 0 Å². The molecular weight excluding hydrogens is 344 g/mol. The lowest BCUT2D eigenvalue weighted by molar-refractivity contribution is -0.134. The van der Waals surface area contributed by atoms with E-state index in [-0.39, 0.29) is 12.5 Å². The van der Waals surface area contributed by atoms with E-state index in [9.17, 15) is 4.79 Å². The summed E-state index contributed by atoms with van der Waals surface area (Å²) in [5.41, 5.74) is 2.60. The molecule has 0 aliphatic carbocycles. The van der Waals surface area contributed by atoms with E-state index in [1.807, 2.05) is 60.7 Å². The highest BCUT2D eigenvalue weighted by atomic mass is 16.5.